The molecule has 5 fully saturated rings. The predicted octanol–water partition coefficient (Wildman–Crippen LogP) is 9.13. The summed E-state index contributed by atoms with van der Waals surface area (Å²) in [5, 5.41) is 62.7. The molecule has 13 N–H and O–H groups in total. The molecule has 9 aliphatic rings. The van der Waals surface area contributed by atoms with Crippen molar-refractivity contribution in [1.82, 2.24) is 26.6 Å². The molecular formula is C79H102N8O7. The van der Waals surface area contributed by atoms with Gasteiger partial charge in [0.15, 0.2) is 24.1 Å². The van der Waals surface area contributed by atoms with Crippen LogP contribution in [0.2, 0.25) is 0 Å². The molecule has 0 amide bonds. The number of hydrogen-bond donors (Lipinski definition) is 11. The molecule has 4 aromatic carbocycles. The molecule has 15 unspecified atom stereocenters. The van der Waals surface area contributed by atoms with Gasteiger partial charge in [0.05, 0.1) is 25.3 Å². The molecule has 15 heteroatoms. The van der Waals surface area contributed by atoms with Crippen molar-refractivity contribution in [2.45, 2.75) is 153 Å². The number of guanidine groups is 1. The number of rotatable bonds is 16. The highest BCUT2D eigenvalue weighted by molar-refractivity contribution is 6.08. The van der Waals surface area contributed by atoms with Crippen LogP contribution in [0.5, 0.6) is 11.5 Å². The zero-order valence-electron chi connectivity index (χ0n) is 55.1. The third-order valence-electron chi connectivity index (χ3n) is 23.4. The summed E-state index contributed by atoms with van der Waals surface area (Å²) in [5.74, 6) is 6.09. The van der Waals surface area contributed by atoms with Gasteiger partial charge in [0.25, 0.3) is 0 Å². The van der Waals surface area contributed by atoms with Gasteiger partial charge in [-0.1, -0.05) is 103 Å². The molecule has 5 bridgehead atoms. The number of ketones is 2. The monoisotopic (exact) mass is 1270 g/mol. The van der Waals surface area contributed by atoms with E-state index in [9.17, 15) is 30.0 Å². The average Bonchev–Trinajstić information content (AvgIpc) is 1.53. The maximum Gasteiger partial charge on any atom is 0.202 e. The number of nitrogens with zero attached hydrogens (tertiary/aromatic N) is 1. The van der Waals surface area contributed by atoms with Gasteiger partial charge in [-0.2, -0.15) is 4.99 Å². The molecule has 5 aliphatic heterocycles. The van der Waals surface area contributed by atoms with Gasteiger partial charge >= 0.3 is 0 Å². The lowest BCUT2D eigenvalue weighted by Gasteiger charge is -2.55. The van der Waals surface area contributed by atoms with Crippen LogP contribution in [0, 0.1) is 76.1 Å². The van der Waals surface area contributed by atoms with E-state index in [1.165, 1.54) is 29.2 Å². The van der Waals surface area contributed by atoms with E-state index in [0.717, 1.165) is 120 Å². The summed E-state index contributed by atoms with van der Waals surface area (Å²) in [4.78, 5) is 34.1. The number of phenols is 1. The lowest BCUT2D eigenvalue weighted by Crippen LogP contribution is -2.57. The smallest absolute Gasteiger partial charge is 0.202 e. The quantitative estimate of drug-likeness (QED) is 0.0217. The highest BCUT2D eigenvalue weighted by atomic mass is 16.6. The van der Waals surface area contributed by atoms with Crippen LogP contribution < -0.4 is 42.8 Å². The number of aliphatic hydroxyl groups excluding tert-OH is 3. The Morgan fingerprint density at radius 1 is 0.872 bits per heavy atom. The van der Waals surface area contributed by atoms with Gasteiger partial charge in [0, 0.05) is 56.8 Å². The highest BCUT2D eigenvalue weighted by Crippen LogP contribution is 2.71. The molecule has 5 heterocycles. The number of carbonyl (C=O) groups excluding carboxylic acids is 2. The second kappa shape index (κ2) is 30.9. The van der Waals surface area contributed by atoms with Gasteiger partial charge in [0.1, 0.15) is 5.78 Å². The molecule has 1 spiro atoms. The first-order valence-electron chi connectivity index (χ1n) is 35.4. The molecule has 1 saturated heterocycles. The number of aliphatic imine (C=N–C) groups is 1. The van der Waals surface area contributed by atoms with E-state index in [1.807, 2.05) is 25.3 Å². The van der Waals surface area contributed by atoms with E-state index < -0.39 is 31.5 Å². The molecular weight excluding hydrogens is 1170 g/mol. The molecule has 0 radical (unpaired) electrons. The van der Waals surface area contributed by atoms with E-state index in [-0.39, 0.29) is 70.3 Å². The second-order valence-electron chi connectivity index (χ2n) is 29.3. The number of Topliss-reactive ketones (excluding diaryl/α,β-unsaturated/α-hetero) is 1. The van der Waals surface area contributed by atoms with Crippen LogP contribution in [0.15, 0.2) is 144 Å². The number of dihydropyridines is 1. The van der Waals surface area contributed by atoms with Crippen molar-refractivity contribution >= 4 is 23.1 Å². The third kappa shape index (κ3) is 15.8. The summed E-state index contributed by atoms with van der Waals surface area (Å²) in [7, 11) is 0. The van der Waals surface area contributed by atoms with Crippen molar-refractivity contribution in [3.8, 4) is 23.5 Å². The van der Waals surface area contributed by atoms with Crippen LogP contribution >= 0.6 is 0 Å². The Balaban J connectivity index is 0.918. The molecule has 15 atom stereocenters. The summed E-state index contributed by atoms with van der Waals surface area (Å²) in [6.45, 7) is 4.77. The topological polar surface area (TPSA) is 249 Å². The van der Waals surface area contributed by atoms with E-state index in [4.69, 9.17) is 21.2 Å². The lowest BCUT2D eigenvalue weighted by atomic mass is 9.52. The second-order valence-corrected chi connectivity index (χ2v) is 29.3. The van der Waals surface area contributed by atoms with Gasteiger partial charge < -0.3 is 63.2 Å². The number of aryl methyl sites for hydroxylation is 3. The van der Waals surface area contributed by atoms with Crippen molar-refractivity contribution in [1.29, 1.82) is 0 Å². The SMILES string of the molecule is CC(O)CNC1CC2(CC3C4CCNCC4CC4C=CCNC43)CC3CCC2C12CCC(C2)C(CCc1ccccc1)CNC(N)=NC#CCC(Cc1cccc(CCc2ccccc2)c1)C1=CC(N)NC=C1Cc1cc(O)c(OCO)cc1C(CO)=CC(=O)CC(=O)C3. The van der Waals surface area contributed by atoms with Crippen LogP contribution in [0.3, 0.4) is 0 Å². The van der Waals surface area contributed by atoms with Gasteiger partial charge in [-0.3, -0.25) is 9.59 Å². The number of phenolic OH excluding ortho intramolecular Hbond substituents is 1. The number of hydrogen-bond acceptors (Lipinski definition) is 15. The number of benzene rings is 4. The van der Waals surface area contributed by atoms with Crippen molar-refractivity contribution in [2.24, 2.45) is 80.6 Å². The highest BCUT2D eigenvalue weighted by Gasteiger charge is 2.66. The molecule has 4 aliphatic carbocycles. The van der Waals surface area contributed by atoms with Gasteiger partial charge in [-0.05, 0) is 261 Å². The number of piperidine rings is 1. The van der Waals surface area contributed by atoms with Crippen LogP contribution in [0.4, 0.5) is 0 Å². The zero-order valence-corrected chi connectivity index (χ0v) is 55.1. The van der Waals surface area contributed by atoms with Gasteiger partial charge in [-0.25, -0.2) is 0 Å². The average molecular weight is 1280 g/mol. The molecule has 4 aromatic rings. The summed E-state index contributed by atoms with van der Waals surface area (Å²) in [5.41, 5.74) is 21.6. The van der Waals surface area contributed by atoms with E-state index >= 15 is 0 Å². The summed E-state index contributed by atoms with van der Waals surface area (Å²) >= 11 is 0. The Kier molecular flexibility index (Phi) is 22.1. The third-order valence-corrected chi connectivity index (χ3v) is 23.4. The lowest BCUT2D eigenvalue weighted by molar-refractivity contribution is -0.126. The number of aliphatic hydroxyl groups is 3. The standard InChI is InChI=1S/C79H102N8O7/c1-51(90)45-85-74-44-78(43-70-67-26-30-82-46-62(67)34-58-18-10-28-83-76(58)70)41-56-22-24-73(78)79(74)27-25-59(42-79)60(23-21-53-13-6-3-7-14-53)47-87-77(81)84-29-9-17-57(32-55-16-8-15-54(31-55)20-19-52-11-4-2-5-12-52)69-40-75(80)86-48-63(69)35-61-37-71(93)72(94-50-89)39-68(61)64(49-88)36-66(92)38-65(91)33-56/h2-8,10-16,18,31,36-37,39-40,48,51,56-60,62,67,70,73-76,82-83,85-86,88-90,93H,17,19-28,30,32-35,38,41-47,49-50,80H2,1H3,(H3,81,84,87). The Morgan fingerprint density at radius 3 is 2.46 bits per heavy atom. The number of nitrogens with one attached hydrogen (secondary N) is 5. The molecule has 0 aromatic heterocycles. The largest absolute Gasteiger partial charge is 0.504 e. The number of fused-ring (bicyclic) bond motifs is 13. The number of aromatic hydroxyl groups is 1. The maximum atomic E-state index is 14.8. The number of allylic oxidation sites excluding steroid dienone is 3. The molecule has 13 rings (SSSR count). The Morgan fingerprint density at radius 2 is 1.66 bits per heavy atom. The summed E-state index contributed by atoms with van der Waals surface area (Å²) in [6, 6.07) is 36.9. The van der Waals surface area contributed by atoms with Crippen LogP contribution in [0.1, 0.15) is 130 Å². The summed E-state index contributed by atoms with van der Waals surface area (Å²) < 4.78 is 5.52. The van der Waals surface area contributed by atoms with Crippen LogP contribution in [-0.2, 0) is 41.7 Å². The number of nitrogens with two attached hydrogens (primary N) is 2. The first-order valence-corrected chi connectivity index (χ1v) is 35.4. The first-order chi connectivity index (χ1) is 45.7. The van der Waals surface area contributed by atoms with Crippen LogP contribution in [0.25, 0.3) is 5.57 Å². The fourth-order valence-electron chi connectivity index (χ4n) is 19.4. The van der Waals surface area contributed by atoms with Gasteiger partial charge in [0.2, 0.25) is 5.96 Å². The maximum absolute atomic E-state index is 14.8. The molecule has 15 nitrogen and oxygen atoms in total. The van der Waals surface area contributed by atoms with Crippen molar-refractivity contribution in [3.63, 3.8) is 0 Å². The Hall–Kier alpha value is -6.87. The minimum Gasteiger partial charge on any atom is -0.504 e. The Bertz CT molecular complexity index is 3500. The van der Waals surface area contributed by atoms with Crippen molar-refractivity contribution in [2.75, 3.05) is 46.1 Å². The minimum atomic E-state index is -0.715. The predicted molar refractivity (Wildman–Crippen MR) is 372 cm³/mol. The Labute approximate surface area is 557 Å². The molecule has 500 valence electrons. The number of ether oxygens (including phenoxy) is 1. The van der Waals surface area contributed by atoms with E-state index in [1.54, 1.807) is 12.1 Å². The normalized spacial score (nSPS) is 31.6. The zero-order chi connectivity index (χ0) is 65.2. The number of carbonyl (C=O) groups is 2. The molecule has 94 heavy (non-hydrogen) atoms. The fraction of sp³-hybridized carbons (Fsp3) is 0.532. The van der Waals surface area contributed by atoms with Crippen LogP contribution in [-0.4, -0.2) is 108 Å². The molecule has 4 saturated carbocycles. The minimum absolute atomic E-state index is 0.0184. The summed E-state index contributed by atoms with van der Waals surface area (Å²) in [6.07, 6.45) is 24.6. The van der Waals surface area contributed by atoms with Gasteiger partial charge in [-0.15, -0.1) is 0 Å². The first kappa shape index (κ1) is 67.1. The van der Waals surface area contributed by atoms with Crippen molar-refractivity contribution < 1.29 is 34.8 Å². The fourth-order valence-corrected chi connectivity index (χ4v) is 19.4. The van der Waals surface area contributed by atoms with E-state index in [2.05, 4.69) is 130 Å². The van der Waals surface area contributed by atoms with Crippen molar-refractivity contribution in [3.05, 3.63) is 172 Å². The van der Waals surface area contributed by atoms with E-state index in [0.29, 0.717) is 91.0 Å².